The maximum absolute atomic E-state index is 12.7. The van der Waals surface area contributed by atoms with E-state index in [2.05, 4.69) is 28.1 Å². The fourth-order valence-electron chi connectivity index (χ4n) is 3.10. The van der Waals surface area contributed by atoms with Crippen LogP contribution in [0.25, 0.3) is 16.5 Å². The zero-order valence-electron chi connectivity index (χ0n) is 14.2. The van der Waals surface area contributed by atoms with Crippen molar-refractivity contribution in [2.24, 2.45) is 7.05 Å². The largest absolute Gasteiger partial charge is 0.487 e. The van der Waals surface area contributed by atoms with Crippen LogP contribution in [0.2, 0.25) is 0 Å². The zero-order valence-corrected chi connectivity index (χ0v) is 15.8. The molecule has 0 saturated carbocycles. The molecule has 0 unspecified atom stereocenters. The normalized spacial score (nSPS) is 11.0. The molecular weight excluding hydrogens is 392 g/mol. The third-order valence-corrected chi connectivity index (χ3v) is 5.24. The van der Waals surface area contributed by atoms with Gasteiger partial charge in [0, 0.05) is 12.4 Å². The molecule has 1 aromatic heterocycles. The molecule has 0 fully saturated rings. The number of benzene rings is 3. The third kappa shape index (κ3) is 2.84. The van der Waals surface area contributed by atoms with Crippen LogP contribution in [0, 0.1) is 0 Å². The van der Waals surface area contributed by atoms with Crippen LogP contribution in [0.15, 0.2) is 82.1 Å². The average Bonchev–Trinajstić information content (AvgIpc) is 2.89. The Morgan fingerprint density at radius 2 is 1.62 bits per heavy atom. The highest BCUT2D eigenvalue weighted by atomic mass is 79.9. The van der Waals surface area contributed by atoms with Gasteiger partial charge in [0.1, 0.15) is 16.8 Å². The van der Waals surface area contributed by atoms with Crippen LogP contribution >= 0.6 is 15.9 Å². The van der Waals surface area contributed by atoms with E-state index in [1.54, 1.807) is 4.68 Å². The van der Waals surface area contributed by atoms with Crippen LogP contribution in [-0.2, 0) is 13.7 Å². The number of hydrogen-bond donors (Lipinski definition) is 0. The smallest absolute Gasteiger partial charge is 0.286 e. The molecule has 0 aliphatic carbocycles. The van der Waals surface area contributed by atoms with Crippen molar-refractivity contribution in [2.75, 3.05) is 0 Å². The molecule has 1 heterocycles. The number of nitrogens with zero attached hydrogens (tertiary/aromatic N) is 2. The first-order valence-corrected chi connectivity index (χ1v) is 9.08. The van der Waals surface area contributed by atoms with Crippen molar-refractivity contribution < 1.29 is 4.74 Å². The number of halogens is 1. The van der Waals surface area contributed by atoms with Gasteiger partial charge in [-0.25, -0.2) is 4.68 Å². The minimum absolute atomic E-state index is 0.102. The molecule has 0 spiro atoms. The van der Waals surface area contributed by atoms with E-state index in [1.165, 1.54) is 0 Å². The second kappa shape index (κ2) is 6.84. The molecule has 4 aromatic rings. The predicted octanol–water partition coefficient (Wildman–Crippen LogP) is 4.67. The van der Waals surface area contributed by atoms with Crippen molar-refractivity contribution in [3.63, 3.8) is 0 Å². The first-order chi connectivity index (χ1) is 12.7. The van der Waals surface area contributed by atoms with Gasteiger partial charge in [-0.1, -0.05) is 54.6 Å². The fourth-order valence-corrected chi connectivity index (χ4v) is 3.64. The summed E-state index contributed by atoms with van der Waals surface area (Å²) in [6, 6.07) is 23.6. The van der Waals surface area contributed by atoms with Gasteiger partial charge in [0.25, 0.3) is 5.56 Å². The van der Waals surface area contributed by atoms with Gasteiger partial charge in [-0.2, -0.15) is 0 Å². The minimum Gasteiger partial charge on any atom is -0.487 e. The summed E-state index contributed by atoms with van der Waals surface area (Å²) in [7, 11) is 1.86. The third-order valence-electron chi connectivity index (χ3n) is 4.44. The Bertz CT molecular complexity index is 1120. The van der Waals surface area contributed by atoms with Crippen molar-refractivity contribution >= 4 is 26.7 Å². The molecule has 0 aliphatic rings. The second-order valence-electron chi connectivity index (χ2n) is 6.00. The van der Waals surface area contributed by atoms with Crippen LogP contribution < -0.4 is 10.3 Å². The Morgan fingerprint density at radius 3 is 2.42 bits per heavy atom. The lowest BCUT2D eigenvalue weighted by Crippen LogP contribution is -2.19. The van der Waals surface area contributed by atoms with E-state index >= 15 is 0 Å². The van der Waals surface area contributed by atoms with E-state index in [0.717, 1.165) is 27.9 Å². The summed E-state index contributed by atoms with van der Waals surface area (Å²) in [4.78, 5) is 12.7. The molecular formula is C21H17BrN2O2. The van der Waals surface area contributed by atoms with E-state index < -0.39 is 0 Å². The summed E-state index contributed by atoms with van der Waals surface area (Å²) < 4.78 is 10.0. The minimum atomic E-state index is -0.102. The van der Waals surface area contributed by atoms with Gasteiger partial charge in [0.05, 0.1) is 11.4 Å². The highest BCUT2D eigenvalue weighted by Gasteiger charge is 2.17. The Kier molecular flexibility index (Phi) is 4.39. The number of para-hydroxylation sites is 1. The summed E-state index contributed by atoms with van der Waals surface area (Å²) in [5.74, 6) is 0.801. The van der Waals surface area contributed by atoms with Gasteiger partial charge in [-0.3, -0.25) is 9.48 Å². The van der Waals surface area contributed by atoms with Crippen LogP contribution in [-0.4, -0.2) is 9.36 Å². The van der Waals surface area contributed by atoms with Gasteiger partial charge in [-0.05, 0) is 39.5 Å². The summed E-state index contributed by atoms with van der Waals surface area (Å²) >= 11 is 3.44. The Balaban J connectivity index is 1.70. The molecule has 0 saturated heterocycles. The number of rotatable bonds is 4. The fraction of sp³-hybridized carbons (Fsp3) is 0.0952. The molecule has 4 rings (SSSR count). The van der Waals surface area contributed by atoms with Gasteiger partial charge in [0.2, 0.25) is 0 Å². The predicted molar refractivity (Wildman–Crippen MR) is 107 cm³/mol. The lowest BCUT2D eigenvalue weighted by atomic mass is 10.1. The molecule has 0 atom stereocenters. The highest BCUT2D eigenvalue weighted by Crippen LogP contribution is 2.26. The second-order valence-corrected chi connectivity index (χ2v) is 6.80. The van der Waals surface area contributed by atoms with Crippen LogP contribution in [0.4, 0.5) is 0 Å². The number of hydrogen-bond acceptors (Lipinski definition) is 2. The monoisotopic (exact) mass is 408 g/mol. The van der Waals surface area contributed by atoms with Gasteiger partial charge in [0.15, 0.2) is 0 Å². The summed E-state index contributed by atoms with van der Waals surface area (Å²) in [5.41, 5.74) is 1.50. The van der Waals surface area contributed by atoms with E-state index in [1.807, 2.05) is 72.4 Å². The molecule has 0 aliphatic heterocycles. The van der Waals surface area contributed by atoms with Crippen molar-refractivity contribution in [3.05, 3.63) is 93.3 Å². The van der Waals surface area contributed by atoms with E-state index in [-0.39, 0.29) is 5.56 Å². The first-order valence-electron chi connectivity index (χ1n) is 8.29. The number of ether oxygens (including phenoxy) is 1. The quantitative estimate of drug-likeness (QED) is 0.491. The molecule has 0 N–H and O–H groups in total. The highest BCUT2D eigenvalue weighted by molar-refractivity contribution is 9.10. The van der Waals surface area contributed by atoms with E-state index in [4.69, 9.17) is 4.74 Å². The van der Waals surface area contributed by atoms with Gasteiger partial charge >= 0.3 is 0 Å². The number of aromatic nitrogens is 2. The molecule has 5 heteroatoms. The van der Waals surface area contributed by atoms with Crippen LogP contribution in [0.1, 0.15) is 5.69 Å². The molecule has 26 heavy (non-hydrogen) atoms. The molecule has 3 aromatic carbocycles. The number of fused-ring (bicyclic) bond motifs is 1. The van der Waals surface area contributed by atoms with E-state index in [9.17, 15) is 4.79 Å². The summed E-state index contributed by atoms with van der Waals surface area (Å²) in [6.07, 6.45) is 0. The topological polar surface area (TPSA) is 36.2 Å². The lowest BCUT2D eigenvalue weighted by molar-refractivity contribution is 0.296. The van der Waals surface area contributed by atoms with Crippen molar-refractivity contribution in [2.45, 2.75) is 6.61 Å². The van der Waals surface area contributed by atoms with Crippen LogP contribution in [0.5, 0.6) is 5.75 Å². The maximum Gasteiger partial charge on any atom is 0.286 e. The SMILES string of the molecule is Cn1c(COc2cccc3ccccc23)c(Br)c(=O)n1-c1ccccc1. The molecule has 130 valence electrons. The standard InChI is InChI=1S/C21H17BrN2O2/c1-23-18(20(22)21(25)24(23)16-10-3-2-4-11-16)14-26-19-13-7-9-15-8-5-6-12-17(15)19/h2-13H,14H2,1H3. The van der Waals surface area contributed by atoms with E-state index in [0.29, 0.717) is 11.1 Å². The summed E-state index contributed by atoms with van der Waals surface area (Å²) in [6.45, 7) is 0.292. The van der Waals surface area contributed by atoms with Gasteiger partial charge < -0.3 is 4.74 Å². The Morgan fingerprint density at radius 1 is 0.923 bits per heavy atom. The van der Waals surface area contributed by atoms with Crippen molar-refractivity contribution in [3.8, 4) is 11.4 Å². The molecule has 0 amide bonds. The Hall–Kier alpha value is -2.79. The first kappa shape index (κ1) is 16.7. The molecule has 0 radical (unpaired) electrons. The van der Waals surface area contributed by atoms with Crippen molar-refractivity contribution in [1.82, 2.24) is 9.36 Å². The maximum atomic E-state index is 12.7. The lowest BCUT2D eigenvalue weighted by Gasteiger charge is -2.12. The Labute approximate surface area is 159 Å². The zero-order chi connectivity index (χ0) is 18.1. The van der Waals surface area contributed by atoms with Crippen LogP contribution in [0.3, 0.4) is 0 Å². The summed E-state index contributed by atoms with van der Waals surface area (Å²) in [5, 5.41) is 2.18. The average molecular weight is 409 g/mol. The molecule has 4 nitrogen and oxygen atoms in total. The van der Waals surface area contributed by atoms with Gasteiger partial charge in [-0.15, -0.1) is 0 Å². The van der Waals surface area contributed by atoms with Crippen molar-refractivity contribution in [1.29, 1.82) is 0 Å². The molecule has 0 bridgehead atoms.